The molecular formula is C19H23N3O3. The Kier molecular flexibility index (Phi) is 4.21. The number of fused-ring (bicyclic) bond motifs is 1. The van der Waals surface area contributed by atoms with E-state index in [2.05, 4.69) is 10.6 Å². The molecule has 0 spiro atoms. The Bertz CT molecular complexity index is 716. The molecule has 6 heteroatoms. The average molecular weight is 341 g/mol. The first-order valence-electron chi connectivity index (χ1n) is 8.95. The van der Waals surface area contributed by atoms with Crippen LogP contribution in [-0.2, 0) is 9.59 Å². The van der Waals surface area contributed by atoms with Crippen molar-refractivity contribution >= 4 is 11.8 Å². The molecule has 0 aromatic heterocycles. The third kappa shape index (κ3) is 2.70. The summed E-state index contributed by atoms with van der Waals surface area (Å²) in [5.41, 5.74) is 2.41. The highest BCUT2D eigenvalue weighted by Crippen LogP contribution is 2.40. The van der Waals surface area contributed by atoms with Gasteiger partial charge in [-0.15, -0.1) is 0 Å². The van der Waals surface area contributed by atoms with Crippen molar-refractivity contribution in [3.8, 4) is 0 Å². The van der Waals surface area contributed by atoms with Crippen molar-refractivity contribution in [2.75, 3.05) is 13.2 Å². The molecule has 132 valence electrons. The Morgan fingerprint density at radius 3 is 2.72 bits per heavy atom. The number of carbonyl (C=O) groups excluding carboxylic acids is 2. The lowest BCUT2D eigenvalue weighted by Crippen LogP contribution is -2.54. The number of nitrogens with one attached hydrogen (secondary N) is 2. The Labute approximate surface area is 146 Å². The number of carbonyl (C=O) groups is 2. The summed E-state index contributed by atoms with van der Waals surface area (Å²) in [5, 5.41) is 16.0. The van der Waals surface area contributed by atoms with Gasteiger partial charge in [-0.05, 0) is 18.4 Å². The zero-order valence-corrected chi connectivity index (χ0v) is 14.1. The summed E-state index contributed by atoms with van der Waals surface area (Å²) in [7, 11) is 0. The molecule has 2 aliphatic heterocycles. The molecule has 1 aromatic carbocycles. The zero-order valence-electron chi connectivity index (χ0n) is 14.1. The number of rotatable bonds is 2. The highest BCUT2D eigenvalue weighted by molar-refractivity contribution is 5.99. The highest BCUT2D eigenvalue weighted by atomic mass is 16.3. The van der Waals surface area contributed by atoms with E-state index in [-0.39, 0.29) is 23.9 Å². The Morgan fingerprint density at radius 1 is 1.20 bits per heavy atom. The maximum absolute atomic E-state index is 12.7. The highest BCUT2D eigenvalue weighted by Gasteiger charge is 2.45. The van der Waals surface area contributed by atoms with E-state index in [0.717, 1.165) is 36.9 Å². The van der Waals surface area contributed by atoms with Crippen LogP contribution < -0.4 is 10.6 Å². The third-order valence-electron chi connectivity index (χ3n) is 5.53. The van der Waals surface area contributed by atoms with E-state index >= 15 is 0 Å². The van der Waals surface area contributed by atoms with Gasteiger partial charge in [0.1, 0.15) is 6.61 Å². The van der Waals surface area contributed by atoms with Crippen LogP contribution in [-0.4, -0.2) is 47.1 Å². The van der Waals surface area contributed by atoms with E-state index in [0.29, 0.717) is 12.1 Å². The number of benzene rings is 1. The molecule has 0 bridgehead atoms. The first-order chi connectivity index (χ1) is 12.2. The molecule has 1 fully saturated rings. The third-order valence-corrected chi connectivity index (χ3v) is 5.53. The molecule has 3 unspecified atom stereocenters. The number of aliphatic hydroxyl groups is 1. The lowest BCUT2D eigenvalue weighted by Gasteiger charge is -2.42. The second-order valence-corrected chi connectivity index (χ2v) is 6.95. The van der Waals surface area contributed by atoms with Crippen LogP contribution in [0.25, 0.3) is 0 Å². The van der Waals surface area contributed by atoms with E-state index in [9.17, 15) is 14.7 Å². The van der Waals surface area contributed by atoms with E-state index in [1.807, 2.05) is 30.3 Å². The van der Waals surface area contributed by atoms with Crippen molar-refractivity contribution in [2.45, 2.75) is 43.8 Å². The molecule has 0 radical (unpaired) electrons. The molecule has 3 atom stereocenters. The second kappa shape index (κ2) is 6.52. The van der Waals surface area contributed by atoms with Crippen molar-refractivity contribution < 1.29 is 14.7 Å². The lowest BCUT2D eigenvalue weighted by atomic mass is 9.87. The summed E-state index contributed by atoms with van der Waals surface area (Å²) >= 11 is 0. The van der Waals surface area contributed by atoms with Gasteiger partial charge in [0.2, 0.25) is 5.91 Å². The second-order valence-electron chi connectivity index (χ2n) is 6.95. The van der Waals surface area contributed by atoms with Gasteiger partial charge in [0.25, 0.3) is 5.91 Å². The van der Waals surface area contributed by atoms with Crippen LogP contribution in [0, 0.1) is 0 Å². The van der Waals surface area contributed by atoms with E-state index in [1.54, 1.807) is 4.90 Å². The fourth-order valence-corrected chi connectivity index (χ4v) is 4.45. The first-order valence-corrected chi connectivity index (χ1v) is 8.95. The molecule has 6 nitrogen and oxygen atoms in total. The number of aliphatic hydroxyl groups excluding tert-OH is 1. The summed E-state index contributed by atoms with van der Waals surface area (Å²) in [6.07, 6.45) is 4.01. The van der Waals surface area contributed by atoms with Crippen LogP contribution in [0.4, 0.5) is 0 Å². The molecular weight excluding hydrogens is 318 g/mol. The minimum atomic E-state index is -0.545. The minimum Gasteiger partial charge on any atom is -0.387 e. The van der Waals surface area contributed by atoms with Crippen molar-refractivity contribution in [3.63, 3.8) is 0 Å². The standard InChI is InChI=1S/C19H23N3O3/c23-11-16(24)22-15-9-5-4-8-13(15)21-14-10-20-19(25)17(14)18(22)12-6-2-1-3-7-12/h1-3,6-7,13,15,18,21,23H,4-5,8-11H2,(H,20,25). The Balaban J connectivity index is 1.88. The minimum absolute atomic E-state index is 0.0167. The van der Waals surface area contributed by atoms with E-state index in [4.69, 9.17) is 0 Å². The first kappa shape index (κ1) is 16.1. The van der Waals surface area contributed by atoms with E-state index < -0.39 is 12.6 Å². The predicted molar refractivity (Wildman–Crippen MR) is 92.3 cm³/mol. The van der Waals surface area contributed by atoms with Gasteiger partial charge in [-0.2, -0.15) is 0 Å². The maximum Gasteiger partial charge on any atom is 0.251 e. The van der Waals surface area contributed by atoms with Crippen LogP contribution >= 0.6 is 0 Å². The number of hydrogen-bond acceptors (Lipinski definition) is 4. The average Bonchev–Trinajstić information content (AvgIpc) is 2.93. The molecule has 1 aromatic rings. The van der Waals surface area contributed by atoms with Crippen molar-refractivity contribution in [1.82, 2.24) is 15.5 Å². The van der Waals surface area contributed by atoms with Gasteiger partial charge in [0.05, 0.1) is 24.2 Å². The fraction of sp³-hybridized carbons (Fsp3) is 0.474. The Morgan fingerprint density at radius 2 is 1.96 bits per heavy atom. The molecule has 25 heavy (non-hydrogen) atoms. The molecule has 1 aliphatic carbocycles. The zero-order chi connectivity index (χ0) is 17.4. The predicted octanol–water partition coefficient (Wildman–Crippen LogP) is 0.847. The molecule has 2 amide bonds. The van der Waals surface area contributed by atoms with Crippen LogP contribution in [0.2, 0.25) is 0 Å². The van der Waals surface area contributed by atoms with Crippen LogP contribution in [0.15, 0.2) is 41.6 Å². The summed E-state index contributed by atoms with van der Waals surface area (Å²) in [5.74, 6) is -0.452. The van der Waals surface area contributed by atoms with Crippen LogP contribution in [0.5, 0.6) is 0 Å². The quantitative estimate of drug-likeness (QED) is 0.745. The SMILES string of the molecule is O=C1NCC2=C1C(c1ccccc1)N(C(=O)CO)C1CCCCC1N2. The molecule has 4 rings (SSSR count). The normalized spacial score (nSPS) is 28.6. The number of hydrogen-bond donors (Lipinski definition) is 3. The van der Waals surface area contributed by atoms with Crippen LogP contribution in [0.3, 0.4) is 0 Å². The maximum atomic E-state index is 12.7. The molecule has 3 aliphatic rings. The fourth-order valence-electron chi connectivity index (χ4n) is 4.45. The van der Waals surface area contributed by atoms with Crippen molar-refractivity contribution in [2.24, 2.45) is 0 Å². The molecule has 3 N–H and O–H groups in total. The Hall–Kier alpha value is -2.34. The number of nitrogens with zero attached hydrogens (tertiary/aromatic N) is 1. The topological polar surface area (TPSA) is 81.7 Å². The van der Waals surface area contributed by atoms with Gasteiger partial charge in [0.15, 0.2) is 0 Å². The summed E-state index contributed by atoms with van der Waals surface area (Å²) in [4.78, 5) is 27.1. The monoisotopic (exact) mass is 341 g/mol. The van der Waals surface area contributed by atoms with Gasteiger partial charge in [0, 0.05) is 11.7 Å². The van der Waals surface area contributed by atoms with Crippen molar-refractivity contribution in [3.05, 3.63) is 47.2 Å². The van der Waals surface area contributed by atoms with Gasteiger partial charge < -0.3 is 20.6 Å². The summed E-state index contributed by atoms with van der Waals surface area (Å²) in [6, 6.07) is 9.29. The summed E-state index contributed by atoms with van der Waals surface area (Å²) in [6.45, 7) is -0.0708. The van der Waals surface area contributed by atoms with Gasteiger partial charge in [-0.3, -0.25) is 9.59 Å². The smallest absolute Gasteiger partial charge is 0.251 e. The van der Waals surface area contributed by atoms with Gasteiger partial charge in [-0.25, -0.2) is 0 Å². The van der Waals surface area contributed by atoms with Gasteiger partial charge in [-0.1, -0.05) is 43.2 Å². The van der Waals surface area contributed by atoms with Crippen molar-refractivity contribution in [1.29, 1.82) is 0 Å². The molecule has 1 saturated carbocycles. The molecule has 0 saturated heterocycles. The number of amides is 2. The molecule has 2 heterocycles. The summed E-state index contributed by atoms with van der Waals surface area (Å²) < 4.78 is 0. The lowest BCUT2D eigenvalue weighted by molar-refractivity contribution is -0.140. The van der Waals surface area contributed by atoms with Gasteiger partial charge >= 0.3 is 0 Å². The van der Waals surface area contributed by atoms with E-state index in [1.165, 1.54) is 0 Å². The van der Waals surface area contributed by atoms with Crippen LogP contribution in [0.1, 0.15) is 37.3 Å². The largest absolute Gasteiger partial charge is 0.387 e.